The fourth-order valence-electron chi connectivity index (χ4n) is 3.14. The summed E-state index contributed by atoms with van der Waals surface area (Å²) >= 11 is 5.84. The number of hydrogen-bond donors (Lipinski definition) is 0. The van der Waals surface area contributed by atoms with Crippen LogP contribution in [0.25, 0.3) is 0 Å². The number of rotatable bonds is 12. The van der Waals surface area contributed by atoms with Gasteiger partial charge in [-0.25, -0.2) is 0 Å². The van der Waals surface area contributed by atoms with E-state index < -0.39 is 18.0 Å². The SMILES string of the molecule is CC(=O)OC[C@H](COc1ccc(C(C)(C)c2ccc(OC[C@H](C)CCl)cc2)cc1)OC(C)=O. The zero-order valence-electron chi connectivity index (χ0n) is 19.9. The first kappa shape index (κ1) is 26.5. The van der Waals surface area contributed by atoms with Gasteiger partial charge in [-0.2, -0.15) is 0 Å². The largest absolute Gasteiger partial charge is 0.493 e. The van der Waals surface area contributed by atoms with Crippen LogP contribution in [0.4, 0.5) is 0 Å². The summed E-state index contributed by atoms with van der Waals surface area (Å²) in [4.78, 5) is 22.3. The van der Waals surface area contributed by atoms with Crippen molar-refractivity contribution in [3.8, 4) is 11.5 Å². The van der Waals surface area contributed by atoms with Crippen LogP contribution in [0.1, 0.15) is 45.7 Å². The Balaban J connectivity index is 2.00. The van der Waals surface area contributed by atoms with Gasteiger partial charge in [0.2, 0.25) is 0 Å². The van der Waals surface area contributed by atoms with E-state index in [4.69, 9.17) is 30.5 Å². The van der Waals surface area contributed by atoms with Crippen LogP contribution in [0.2, 0.25) is 0 Å². The predicted molar refractivity (Wildman–Crippen MR) is 128 cm³/mol. The summed E-state index contributed by atoms with van der Waals surface area (Å²) in [5.41, 5.74) is 2.05. The number of esters is 2. The number of halogens is 1. The molecule has 0 aliphatic heterocycles. The van der Waals surface area contributed by atoms with Crippen LogP contribution in [0.5, 0.6) is 11.5 Å². The van der Waals surface area contributed by atoms with Crippen molar-refractivity contribution in [2.75, 3.05) is 25.7 Å². The van der Waals surface area contributed by atoms with E-state index in [1.165, 1.54) is 13.8 Å². The Bertz CT molecular complexity index is 892. The van der Waals surface area contributed by atoms with Gasteiger partial charge in [-0.05, 0) is 35.4 Å². The Kier molecular flexibility index (Phi) is 10.0. The van der Waals surface area contributed by atoms with Crippen LogP contribution < -0.4 is 9.47 Å². The zero-order chi connectivity index (χ0) is 24.4. The standard InChI is InChI=1S/C26H33ClO6/c1-18(14-27)15-31-23-10-6-21(7-11-23)26(4,5)22-8-12-24(13-9-22)32-17-25(33-20(3)29)16-30-19(2)28/h6-13,18,25H,14-17H2,1-5H3/t18-,25-/m1/s1. The lowest BCUT2D eigenvalue weighted by Crippen LogP contribution is -2.29. The van der Waals surface area contributed by atoms with Crippen molar-refractivity contribution in [1.29, 1.82) is 0 Å². The summed E-state index contributed by atoms with van der Waals surface area (Å²) in [7, 11) is 0. The fraction of sp³-hybridized carbons (Fsp3) is 0.462. The van der Waals surface area contributed by atoms with E-state index in [1.807, 2.05) is 43.3 Å². The molecule has 33 heavy (non-hydrogen) atoms. The Morgan fingerprint density at radius 3 is 1.73 bits per heavy atom. The molecule has 0 spiro atoms. The van der Waals surface area contributed by atoms with Crippen molar-refractivity contribution in [2.45, 2.75) is 46.1 Å². The first-order valence-electron chi connectivity index (χ1n) is 10.9. The van der Waals surface area contributed by atoms with Crippen LogP contribution >= 0.6 is 11.6 Å². The average molecular weight is 477 g/mol. The van der Waals surface area contributed by atoms with Gasteiger partial charge in [-0.1, -0.05) is 45.0 Å². The van der Waals surface area contributed by atoms with Crippen molar-refractivity contribution in [1.82, 2.24) is 0 Å². The number of hydrogen-bond acceptors (Lipinski definition) is 6. The highest BCUT2D eigenvalue weighted by Gasteiger charge is 2.23. The number of carbonyl (C=O) groups is 2. The third kappa shape index (κ3) is 8.61. The molecule has 0 saturated carbocycles. The number of alkyl halides is 1. The topological polar surface area (TPSA) is 71.1 Å². The molecule has 0 amide bonds. The van der Waals surface area contributed by atoms with E-state index >= 15 is 0 Å². The summed E-state index contributed by atoms with van der Waals surface area (Å²) in [6.45, 7) is 9.59. The highest BCUT2D eigenvalue weighted by Crippen LogP contribution is 2.33. The molecule has 0 radical (unpaired) electrons. The Labute approximate surface area is 201 Å². The molecule has 0 bridgehead atoms. The maximum atomic E-state index is 11.3. The zero-order valence-corrected chi connectivity index (χ0v) is 20.7. The highest BCUT2D eigenvalue weighted by atomic mass is 35.5. The lowest BCUT2D eigenvalue weighted by atomic mass is 9.78. The minimum Gasteiger partial charge on any atom is -0.493 e. The van der Waals surface area contributed by atoms with Crippen LogP contribution in [0, 0.1) is 5.92 Å². The number of carbonyl (C=O) groups excluding carboxylic acids is 2. The normalized spacial score (nSPS) is 13.0. The quantitative estimate of drug-likeness (QED) is 0.312. The fourth-order valence-corrected chi connectivity index (χ4v) is 3.22. The summed E-state index contributed by atoms with van der Waals surface area (Å²) in [5, 5.41) is 0. The summed E-state index contributed by atoms with van der Waals surface area (Å²) < 4.78 is 21.6. The molecule has 2 aromatic carbocycles. The molecule has 0 saturated heterocycles. The van der Waals surface area contributed by atoms with Gasteiger partial charge in [0, 0.05) is 31.1 Å². The molecule has 0 heterocycles. The van der Waals surface area contributed by atoms with Gasteiger partial charge in [-0.15, -0.1) is 11.6 Å². The molecule has 7 heteroatoms. The molecule has 2 aromatic rings. The molecular weight excluding hydrogens is 444 g/mol. The molecule has 180 valence electrons. The van der Waals surface area contributed by atoms with Crippen LogP contribution in [-0.2, 0) is 24.5 Å². The maximum absolute atomic E-state index is 11.3. The summed E-state index contributed by atoms with van der Waals surface area (Å²) in [6.07, 6.45) is -0.671. The molecule has 2 atom stereocenters. The maximum Gasteiger partial charge on any atom is 0.303 e. The summed E-state index contributed by atoms with van der Waals surface area (Å²) in [6, 6.07) is 15.9. The van der Waals surface area contributed by atoms with Gasteiger partial charge < -0.3 is 18.9 Å². The minimum atomic E-state index is -0.671. The van der Waals surface area contributed by atoms with E-state index in [0.29, 0.717) is 24.2 Å². The third-order valence-corrected chi connectivity index (χ3v) is 5.72. The second kappa shape index (κ2) is 12.5. The Morgan fingerprint density at radius 1 is 0.818 bits per heavy atom. The first-order valence-corrected chi connectivity index (χ1v) is 11.5. The van der Waals surface area contributed by atoms with Crippen LogP contribution in [0.15, 0.2) is 48.5 Å². The molecule has 2 rings (SSSR count). The number of ether oxygens (including phenoxy) is 4. The third-order valence-electron chi connectivity index (χ3n) is 5.19. The Morgan fingerprint density at radius 2 is 1.30 bits per heavy atom. The lowest BCUT2D eigenvalue weighted by Gasteiger charge is -2.26. The first-order chi connectivity index (χ1) is 15.6. The molecule has 6 nitrogen and oxygen atoms in total. The van der Waals surface area contributed by atoms with Gasteiger partial charge in [0.25, 0.3) is 0 Å². The molecule has 0 unspecified atom stereocenters. The molecule has 0 aliphatic rings. The van der Waals surface area contributed by atoms with Crippen molar-refractivity contribution >= 4 is 23.5 Å². The van der Waals surface area contributed by atoms with E-state index in [-0.39, 0.29) is 18.6 Å². The highest BCUT2D eigenvalue weighted by molar-refractivity contribution is 6.18. The van der Waals surface area contributed by atoms with E-state index in [9.17, 15) is 9.59 Å². The number of benzene rings is 2. The van der Waals surface area contributed by atoms with Crippen molar-refractivity contribution in [3.05, 3.63) is 59.7 Å². The smallest absolute Gasteiger partial charge is 0.303 e. The van der Waals surface area contributed by atoms with E-state index in [1.54, 1.807) is 0 Å². The van der Waals surface area contributed by atoms with Crippen molar-refractivity contribution in [2.24, 2.45) is 5.92 Å². The van der Waals surface area contributed by atoms with Crippen molar-refractivity contribution < 1.29 is 28.5 Å². The molecule has 0 N–H and O–H groups in total. The second-order valence-corrected chi connectivity index (χ2v) is 8.90. The van der Waals surface area contributed by atoms with Crippen molar-refractivity contribution in [3.63, 3.8) is 0 Å². The minimum absolute atomic E-state index is 0.0511. The van der Waals surface area contributed by atoms with Gasteiger partial charge >= 0.3 is 11.9 Å². The van der Waals surface area contributed by atoms with Gasteiger partial charge in [-0.3, -0.25) is 9.59 Å². The Hall–Kier alpha value is -2.73. The van der Waals surface area contributed by atoms with Crippen LogP contribution in [0.3, 0.4) is 0 Å². The molecule has 0 fully saturated rings. The monoisotopic (exact) mass is 476 g/mol. The molecule has 0 aliphatic carbocycles. The van der Waals surface area contributed by atoms with Gasteiger partial charge in [0.15, 0.2) is 6.10 Å². The van der Waals surface area contributed by atoms with Crippen LogP contribution in [-0.4, -0.2) is 43.7 Å². The average Bonchev–Trinajstić information content (AvgIpc) is 2.79. The van der Waals surface area contributed by atoms with Gasteiger partial charge in [0.1, 0.15) is 24.7 Å². The molecular formula is C26H33ClO6. The van der Waals surface area contributed by atoms with E-state index in [0.717, 1.165) is 16.9 Å². The summed E-state index contributed by atoms with van der Waals surface area (Å²) in [5.74, 6) is 1.43. The lowest BCUT2D eigenvalue weighted by molar-refractivity contribution is -0.158. The predicted octanol–water partition coefficient (Wildman–Crippen LogP) is 5.14. The molecule has 0 aromatic heterocycles. The van der Waals surface area contributed by atoms with Gasteiger partial charge in [0.05, 0.1) is 6.61 Å². The van der Waals surface area contributed by atoms with E-state index in [2.05, 4.69) is 26.0 Å². The second-order valence-electron chi connectivity index (χ2n) is 8.59.